The molecule has 122 valence electrons. The van der Waals surface area contributed by atoms with Crippen molar-refractivity contribution >= 4 is 23.3 Å². The van der Waals surface area contributed by atoms with E-state index in [4.69, 9.17) is 21.7 Å². The van der Waals surface area contributed by atoms with Crippen molar-refractivity contribution in [2.45, 2.75) is 40.7 Å². The minimum absolute atomic E-state index is 0.117. The van der Waals surface area contributed by atoms with E-state index in [9.17, 15) is 0 Å². The van der Waals surface area contributed by atoms with Gasteiger partial charge in [-0.15, -0.1) is 0 Å². The van der Waals surface area contributed by atoms with Crippen molar-refractivity contribution in [3.05, 3.63) is 22.4 Å². The maximum Gasteiger partial charge on any atom is 0.223 e. The van der Waals surface area contributed by atoms with Crippen LogP contribution in [0.3, 0.4) is 0 Å². The molecule has 0 saturated carbocycles. The Morgan fingerprint density at radius 2 is 1.95 bits per heavy atom. The summed E-state index contributed by atoms with van der Waals surface area (Å²) in [5.74, 6) is 0.942. The Kier molecular flexibility index (Phi) is 5.64. The van der Waals surface area contributed by atoms with Crippen LogP contribution in [0.4, 0.5) is 0 Å². The van der Waals surface area contributed by atoms with Gasteiger partial charge in [0.1, 0.15) is 0 Å². The summed E-state index contributed by atoms with van der Waals surface area (Å²) < 4.78 is 0. The summed E-state index contributed by atoms with van der Waals surface area (Å²) >= 11 is 6.09. The van der Waals surface area contributed by atoms with E-state index in [1.165, 1.54) is 0 Å². The molecule has 22 heavy (non-hydrogen) atoms. The first kappa shape index (κ1) is 17.0. The molecule has 2 aliphatic rings. The SMILES string of the molecule is CC(C)=NN1C(N2CCNCC2)=NC(C)=C(/C=C(\C)Cl)C1C. The zero-order valence-electron chi connectivity index (χ0n) is 14.1. The van der Waals surface area contributed by atoms with Crippen molar-refractivity contribution in [2.75, 3.05) is 26.2 Å². The van der Waals surface area contributed by atoms with Crippen LogP contribution < -0.4 is 5.32 Å². The third kappa shape index (κ3) is 3.90. The van der Waals surface area contributed by atoms with E-state index in [1.807, 2.05) is 38.8 Å². The molecule has 6 heteroatoms. The maximum atomic E-state index is 6.09. The summed E-state index contributed by atoms with van der Waals surface area (Å²) in [6, 6.07) is 0.117. The molecule has 1 atom stereocenters. The Morgan fingerprint density at radius 3 is 2.50 bits per heavy atom. The van der Waals surface area contributed by atoms with E-state index < -0.39 is 0 Å². The van der Waals surface area contributed by atoms with Crippen LogP contribution in [-0.2, 0) is 0 Å². The van der Waals surface area contributed by atoms with E-state index in [0.717, 1.165) is 54.2 Å². The number of piperazine rings is 1. The van der Waals surface area contributed by atoms with Gasteiger partial charge in [0.15, 0.2) is 0 Å². The van der Waals surface area contributed by atoms with Crippen LogP contribution in [-0.4, -0.2) is 53.8 Å². The van der Waals surface area contributed by atoms with Crippen LogP contribution in [0.1, 0.15) is 34.6 Å². The highest BCUT2D eigenvalue weighted by molar-refractivity contribution is 6.29. The molecule has 0 aliphatic carbocycles. The minimum atomic E-state index is 0.117. The van der Waals surface area contributed by atoms with Crippen molar-refractivity contribution in [1.82, 2.24) is 15.2 Å². The zero-order valence-corrected chi connectivity index (χ0v) is 14.9. The Balaban J connectivity index is 2.44. The van der Waals surface area contributed by atoms with Crippen molar-refractivity contribution in [1.29, 1.82) is 0 Å². The largest absolute Gasteiger partial charge is 0.339 e. The highest BCUT2D eigenvalue weighted by atomic mass is 35.5. The van der Waals surface area contributed by atoms with Gasteiger partial charge in [-0.2, -0.15) is 5.10 Å². The van der Waals surface area contributed by atoms with Gasteiger partial charge in [-0.3, -0.25) is 0 Å². The monoisotopic (exact) mass is 323 g/mol. The van der Waals surface area contributed by atoms with Gasteiger partial charge in [0.25, 0.3) is 0 Å². The van der Waals surface area contributed by atoms with Crippen LogP contribution in [0.2, 0.25) is 0 Å². The van der Waals surface area contributed by atoms with Gasteiger partial charge >= 0.3 is 0 Å². The molecular weight excluding hydrogens is 298 g/mol. The Labute approximate surface area is 138 Å². The number of nitrogens with one attached hydrogen (secondary N) is 1. The number of allylic oxidation sites excluding steroid dienone is 2. The summed E-state index contributed by atoms with van der Waals surface area (Å²) in [5.41, 5.74) is 3.15. The standard InChI is InChI=1S/C16H26ClN5/c1-11(2)20-22-14(5)15(10-12(3)17)13(4)19-16(22)21-8-6-18-7-9-21/h10,14,18H,6-9H2,1-5H3/b12-10+. The first-order valence-electron chi connectivity index (χ1n) is 7.80. The van der Waals surface area contributed by atoms with Gasteiger partial charge in [-0.1, -0.05) is 11.6 Å². The highest BCUT2D eigenvalue weighted by Crippen LogP contribution is 2.26. The van der Waals surface area contributed by atoms with E-state index in [-0.39, 0.29) is 6.04 Å². The number of rotatable bonds is 2. The van der Waals surface area contributed by atoms with Crippen molar-refractivity contribution in [3.63, 3.8) is 0 Å². The van der Waals surface area contributed by atoms with Crippen LogP contribution in [0.25, 0.3) is 0 Å². The Bertz CT molecular complexity index is 533. The fraction of sp³-hybridized carbons (Fsp3) is 0.625. The predicted octanol–water partition coefficient (Wildman–Crippen LogP) is 2.76. The molecule has 0 bridgehead atoms. The van der Waals surface area contributed by atoms with E-state index in [2.05, 4.69) is 17.1 Å². The second-order valence-corrected chi connectivity index (χ2v) is 6.58. The molecule has 2 rings (SSSR count). The molecule has 0 aromatic rings. The van der Waals surface area contributed by atoms with Gasteiger partial charge in [0, 0.05) is 42.6 Å². The summed E-state index contributed by atoms with van der Waals surface area (Å²) in [7, 11) is 0. The molecule has 0 aromatic heterocycles. The molecule has 1 saturated heterocycles. The van der Waals surface area contributed by atoms with Crippen LogP contribution >= 0.6 is 11.6 Å². The number of aliphatic imine (C=N–C) groups is 1. The Hall–Kier alpha value is -1.33. The number of hydrazone groups is 1. The average molecular weight is 324 g/mol. The molecule has 0 spiro atoms. The first-order valence-corrected chi connectivity index (χ1v) is 8.18. The van der Waals surface area contributed by atoms with Crippen LogP contribution in [0.5, 0.6) is 0 Å². The zero-order chi connectivity index (χ0) is 16.3. The number of nitrogens with zero attached hydrogens (tertiary/aromatic N) is 4. The molecule has 5 nitrogen and oxygen atoms in total. The first-order chi connectivity index (χ1) is 10.4. The molecule has 0 radical (unpaired) electrons. The summed E-state index contributed by atoms with van der Waals surface area (Å²) in [4.78, 5) is 7.14. The number of hydrogen-bond acceptors (Lipinski definition) is 5. The molecule has 1 fully saturated rings. The van der Waals surface area contributed by atoms with Crippen LogP contribution in [0.15, 0.2) is 32.5 Å². The lowest BCUT2D eigenvalue weighted by Crippen LogP contribution is -2.54. The quantitative estimate of drug-likeness (QED) is 0.795. The lowest BCUT2D eigenvalue weighted by molar-refractivity contribution is 0.271. The summed E-state index contributed by atoms with van der Waals surface area (Å²) in [6.07, 6.45) is 1.99. The second kappa shape index (κ2) is 7.29. The minimum Gasteiger partial charge on any atom is -0.339 e. The van der Waals surface area contributed by atoms with E-state index >= 15 is 0 Å². The molecule has 1 unspecified atom stereocenters. The number of guanidine groups is 1. The Morgan fingerprint density at radius 1 is 1.32 bits per heavy atom. The van der Waals surface area contributed by atoms with E-state index in [0.29, 0.717) is 0 Å². The fourth-order valence-corrected chi connectivity index (χ4v) is 2.86. The molecule has 2 heterocycles. The predicted molar refractivity (Wildman–Crippen MR) is 94.3 cm³/mol. The van der Waals surface area contributed by atoms with E-state index in [1.54, 1.807) is 0 Å². The number of hydrogen-bond donors (Lipinski definition) is 1. The molecular formula is C16H26ClN5. The average Bonchev–Trinajstić information content (AvgIpc) is 2.46. The van der Waals surface area contributed by atoms with Gasteiger partial charge in [0.2, 0.25) is 5.96 Å². The van der Waals surface area contributed by atoms with Gasteiger partial charge in [-0.05, 0) is 46.3 Å². The fourth-order valence-electron chi connectivity index (χ4n) is 2.74. The van der Waals surface area contributed by atoms with Gasteiger partial charge in [-0.25, -0.2) is 10.0 Å². The topological polar surface area (TPSA) is 43.2 Å². The van der Waals surface area contributed by atoms with Crippen molar-refractivity contribution < 1.29 is 0 Å². The number of halogens is 1. The molecule has 2 aliphatic heterocycles. The lowest BCUT2D eigenvalue weighted by atomic mass is 10.0. The lowest BCUT2D eigenvalue weighted by Gasteiger charge is -2.40. The molecule has 1 N–H and O–H groups in total. The normalized spacial score (nSPS) is 23.6. The maximum absolute atomic E-state index is 6.09. The van der Waals surface area contributed by atoms with Crippen LogP contribution in [0, 0.1) is 0 Å². The van der Waals surface area contributed by atoms with Gasteiger partial charge in [0.05, 0.1) is 6.04 Å². The third-order valence-electron chi connectivity index (χ3n) is 3.77. The highest BCUT2D eigenvalue weighted by Gasteiger charge is 2.30. The van der Waals surface area contributed by atoms with Crippen molar-refractivity contribution in [3.8, 4) is 0 Å². The second-order valence-electron chi connectivity index (χ2n) is 5.99. The van der Waals surface area contributed by atoms with Gasteiger partial charge < -0.3 is 10.2 Å². The summed E-state index contributed by atoms with van der Waals surface area (Å²) in [5, 5.41) is 10.9. The van der Waals surface area contributed by atoms with Crippen molar-refractivity contribution in [2.24, 2.45) is 10.1 Å². The smallest absolute Gasteiger partial charge is 0.223 e. The third-order valence-corrected chi connectivity index (χ3v) is 3.88. The molecule has 0 aromatic carbocycles. The molecule has 0 amide bonds. The summed E-state index contributed by atoms with van der Waals surface area (Å²) in [6.45, 7) is 14.0.